The molecular formula is C4H4BN3O2. The third-order valence-corrected chi connectivity index (χ3v) is 1.10. The minimum absolute atomic E-state index is 0.206. The lowest BCUT2D eigenvalue weighted by molar-refractivity contribution is 0.740. The maximum atomic E-state index is 10.7. The highest BCUT2D eigenvalue weighted by Gasteiger charge is 1.97. The van der Waals surface area contributed by atoms with Gasteiger partial charge in [-0.25, -0.2) is 9.89 Å². The van der Waals surface area contributed by atoms with E-state index in [2.05, 4.69) is 5.10 Å². The lowest BCUT2D eigenvalue weighted by atomic mass is 10.1. The first-order valence-corrected chi connectivity index (χ1v) is 2.54. The van der Waals surface area contributed by atoms with Crippen LogP contribution in [0.3, 0.4) is 0 Å². The topological polar surface area (TPSA) is 67.8 Å². The zero-order valence-electron chi connectivity index (χ0n) is 5.29. The summed E-state index contributed by atoms with van der Waals surface area (Å²) >= 11 is 0. The van der Waals surface area contributed by atoms with Gasteiger partial charge in [-0.05, 0) is 0 Å². The molecule has 1 N–H and O–H groups in total. The number of rotatable bonds is 0. The van der Waals surface area contributed by atoms with Gasteiger partial charge < -0.3 is 0 Å². The summed E-state index contributed by atoms with van der Waals surface area (Å²) in [5.41, 5.74) is -1.36. The van der Waals surface area contributed by atoms with Gasteiger partial charge in [0.1, 0.15) is 0 Å². The fourth-order valence-electron chi connectivity index (χ4n) is 0.495. The molecule has 0 bridgehead atoms. The van der Waals surface area contributed by atoms with E-state index in [0.29, 0.717) is 0 Å². The van der Waals surface area contributed by atoms with Crippen molar-refractivity contribution in [1.29, 1.82) is 0 Å². The molecule has 5 nitrogen and oxygen atoms in total. The van der Waals surface area contributed by atoms with Crippen molar-refractivity contribution < 1.29 is 0 Å². The van der Waals surface area contributed by atoms with Crippen LogP contribution in [0.4, 0.5) is 0 Å². The molecule has 0 aromatic carbocycles. The smallest absolute Gasteiger partial charge is 0.268 e. The molecule has 2 radical (unpaired) electrons. The van der Waals surface area contributed by atoms with E-state index >= 15 is 0 Å². The number of H-pyrrole nitrogens is 1. The summed E-state index contributed by atoms with van der Waals surface area (Å²) in [5, 5.41) is 5.29. The van der Waals surface area contributed by atoms with Crippen molar-refractivity contribution >= 4 is 13.4 Å². The molecule has 1 aromatic rings. The SMILES string of the molecule is [B]c1n[nH]c(=O)n(C)c1=O. The van der Waals surface area contributed by atoms with Crippen LogP contribution in [0.15, 0.2) is 9.59 Å². The van der Waals surface area contributed by atoms with E-state index < -0.39 is 11.2 Å². The molecule has 0 aliphatic carbocycles. The molecule has 50 valence electrons. The first-order valence-electron chi connectivity index (χ1n) is 2.54. The molecule has 0 aliphatic heterocycles. The van der Waals surface area contributed by atoms with Crippen LogP contribution in [0.5, 0.6) is 0 Å². The third kappa shape index (κ3) is 0.875. The van der Waals surface area contributed by atoms with Gasteiger partial charge in [-0.2, -0.15) is 5.10 Å². The number of aromatic nitrogens is 3. The summed E-state index contributed by atoms with van der Waals surface area (Å²) in [5.74, 6) is 0. The number of aromatic amines is 1. The van der Waals surface area contributed by atoms with Crippen LogP contribution in [-0.4, -0.2) is 22.6 Å². The normalized spacial score (nSPS) is 9.70. The van der Waals surface area contributed by atoms with Gasteiger partial charge in [-0.3, -0.25) is 9.36 Å². The van der Waals surface area contributed by atoms with Crippen LogP contribution in [0.25, 0.3) is 0 Å². The molecule has 0 saturated carbocycles. The number of nitrogens with zero attached hydrogens (tertiary/aromatic N) is 2. The monoisotopic (exact) mass is 137 g/mol. The standard InChI is InChI=1S/C4H4BN3O2/c1-8-3(9)2(5)6-7-4(8)10/h1H3,(H,7,10). The largest absolute Gasteiger partial charge is 0.344 e. The first-order chi connectivity index (χ1) is 4.63. The van der Waals surface area contributed by atoms with E-state index in [1.807, 2.05) is 5.10 Å². The third-order valence-electron chi connectivity index (χ3n) is 1.10. The Hall–Kier alpha value is -1.33. The minimum atomic E-state index is -0.580. The van der Waals surface area contributed by atoms with Crippen LogP contribution < -0.4 is 16.8 Å². The molecule has 0 amide bonds. The number of hydrogen-bond donors (Lipinski definition) is 1. The summed E-state index contributed by atoms with van der Waals surface area (Å²) in [6.45, 7) is 0. The van der Waals surface area contributed by atoms with E-state index in [1.165, 1.54) is 7.05 Å². The number of hydrogen-bond acceptors (Lipinski definition) is 3. The van der Waals surface area contributed by atoms with Crippen LogP contribution >= 0.6 is 0 Å². The highest BCUT2D eigenvalue weighted by atomic mass is 16.2. The predicted octanol–water partition coefficient (Wildman–Crippen LogP) is -2.74. The Bertz CT molecular complexity index is 352. The van der Waals surface area contributed by atoms with Crippen LogP contribution in [0, 0.1) is 0 Å². The van der Waals surface area contributed by atoms with Gasteiger partial charge in [-0.15, -0.1) is 0 Å². The van der Waals surface area contributed by atoms with Crippen LogP contribution in [-0.2, 0) is 7.05 Å². The summed E-state index contributed by atoms with van der Waals surface area (Å²) in [4.78, 5) is 21.3. The van der Waals surface area contributed by atoms with E-state index in [9.17, 15) is 9.59 Å². The van der Waals surface area contributed by atoms with Crippen molar-refractivity contribution in [1.82, 2.24) is 14.8 Å². The second-order valence-corrected chi connectivity index (χ2v) is 1.78. The van der Waals surface area contributed by atoms with Crippen molar-refractivity contribution in [3.8, 4) is 0 Å². The van der Waals surface area contributed by atoms with E-state index in [0.717, 1.165) is 4.57 Å². The summed E-state index contributed by atoms with van der Waals surface area (Å²) in [7, 11) is 6.39. The molecule has 0 aliphatic rings. The van der Waals surface area contributed by atoms with E-state index in [1.54, 1.807) is 0 Å². The Kier molecular flexibility index (Phi) is 1.45. The lowest BCUT2D eigenvalue weighted by Gasteiger charge is -1.93. The Labute approximate surface area is 57.1 Å². The van der Waals surface area contributed by atoms with Gasteiger partial charge in [0.25, 0.3) is 5.56 Å². The van der Waals surface area contributed by atoms with Gasteiger partial charge in [0.15, 0.2) is 7.85 Å². The van der Waals surface area contributed by atoms with Crippen molar-refractivity contribution in [2.24, 2.45) is 7.05 Å². The molecule has 1 aromatic heterocycles. The second kappa shape index (κ2) is 2.13. The van der Waals surface area contributed by atoms with Gasteiger partial charge in [-0.1, -0.05) is 0 Å². The lowest BCUT2D eigenvalue weighted by Crippen LogP contribution is -2.44. The predicted molar refractivity (Wildman–Crippen MR) is 35.5 cm³/mol. The Balaban J connectivity index is 3.66. The molecule has 1 heterocycles. The van der Waals surface area contributed by atoms with Gasteiger partial charge in [0.2, 0.25) is 0 Å². The molecule has 10 heavy (non-hydrogen) atoms. The molecule has 0 atom stereocenters. The molecule has 0 saturated heterocycles. The summed E-state index contributed by atoms with van der Waals surface area (Å²) < 4.78 is 0.850. The minimum Gasteiger partial charge on any atom is -0.268 e. The van der Waals surface area contributed by atoms with E-state index in [4.69, 9.17) is 7.85 Å². The maximum absolute atomic E-state index is 10.7. The van der Waals surface area contributed by atoms with Crippen molar-refractivity contribution in [2.75, 3.05) is 0 Å². The number of nitrogens with one attached hydrogen (secondary N) is 1. The van der Waals surface area contributed by atoms with Crippen molar-refractivity contribution in [3.63, 3.8) is 0 Å². The highest BCUT2D eigenvalue weighted by Crippen LogP contribution is 1.48. The van der Waals surface area contributed by atoms with Gasteiger partial charge >= 0.3 is 5.69 Å². The maximum Gasteiger partial charge on any atom is 0.344 e. The van der Waals surface area contributed by atoms with Crippen molar-refractivity contribution in [2.45, 2.75) is 0 Å². The van der Waals surface area contributed by atoms with Crippen LogP contribution in [0.1, 0.15) is 0 Å². The molecule has 1 rings (SSSR count). The Morgan fingerprint density at radius 3 is 2.70 bits per heavy atom. The average molecular weight is 137 g/mol. The second-order valence-electron chi connectivity index (χ2n) is 1.78. The average Bonchev–Trinajstić information content (AvgIpc) is 1.93. The zero-order chi connectivity index (χ0) is 7.72. The molecule has 0 fully saturated rings. The van der Waals surface area contributed by atoms with Crippen molar-refractivity contribution in [3.05, 3.63) is 20.8 Å². The van der Waals surface area contributed by atoms with Gasteiger partial charge in [0.05, 0.1) is 5.59 Å². The van der Waals surface area contributed by atoms with Gasteiger partial charge in [0, 0.05) is 7.05 Å². The molecular weight excluding hydrogens is 133 g/mol. The first kappa shape index (κ1) is 6.79. The van der Waals surface area contributed by atoms with Crippen LogP contribution in [0.2, 0.25) is 0 Å². The Morgan fingerprint density at radius 2 is 2.20 bits per heavy atom. The fraction of sp³-hybridized carbons (Fsp3) is 0.250. The highest BCUT2D eigenvalue weighted by molar-refractivity contribution is 6.30. The summed E-state index contributed by atoms with van der Waals surface area (Å²) in [6.07, 6.45) is 0. The fourth-order valence-corrected chi connectivity index (χ4v) is 0.495. The zero-order valence-corrected chi connectivity index (χ0v) is 5.29. The summed E-state index contributed by atoms with van der Waals surface area (Å²) in [6, 6.07) is 0. The molecule has 0 spiro atoms. The molecule has 6 heteroatoms. The quantitative estimate of drug-likeness (QED) is 0.394. The Morgan fingerprint density at radius 1 is 1.60 bits per heavy atom. The van der Waals surface area contributed by atoms with E-state index in [-0.39, 0.29) is 5.59 Å². The molecule has 0 unspecified atom stereocenters.